The van der Waals surface area contributed by atoms with Crippen molar-refractivity contribution >= 4 is 11.8 Å². The molecule has 1 aromatic heterocycles. The van der Waals surface area contributed by atoms with Gasteiger partial charge in [0.05, 0.1) is 12.1 Å². The summed E-state index contributed by atoms with van der Waals surface area (Å²) in [5, 5.41) is 12.2. The minimum atomic E-state index is -0.871. The Kier molecular flexibility index (Phi) is 4.52. The number of aryl methyl sites for hydroxylation is 1. The van der Waals surface area contributed by atoms with Gasteiger partial charge in [0.25, 0.3) is 0 Å². The topological polar surface area (TPSA) is 75.1 Å². The Labute approximate surface area is 117 Å². The fourth-order valence-corrected chi connectivity index (χ4v) is 2.86. The van der Waals surface area contributed by atoms with E-state index in [1.54, 1.807) is 0 Å². The van der Waals surface area contributed by atoms with Crippen LogP contribution >= 0.6 is 0 Å². The second kappa shape index (κ2) is 6.15. The van der Waals surface area contributed by atoms with E-state index in [2.05, 4.69) is 15.3 Å². The van der Waals surface area contributed by atoms with E-state index < -0.39 is 17.3 Å². The molecular weight excluding hydrogens is 261 g/mol. The number of nitrogens with zero attached hydrogens (tertiary/aromatic N) is 2. The van der Waals surface area contributed by atoms with Gasteiger partial charge in [-0.05, 0) is 19.3 Å². The lowest BCUT2D eigenvalue weighted by Crippen LogP contribution is -2.43. The maximum atomic E-state index is 14.2. The zero-order chi connectivity index (χ0) is 14.6. The average Bonchev–Trinajstić information content (AvgIpc) is 2.41. The average molecular weight is 281 g/mol. The van der Waals surface area contributed by atoms with Crippen LogP contribution in [0.3, 0.4) is 0 Å². The van der Waals surface area contributed by atoms with Gasteiger partial charge < -0.3 is 10.4 Å². The SMILES string of the molecule is CCc1ncnc(NC2(CC(=O)O)CCCCC2)c1F. The van der Waals surface area contributed by atoms with Crippen LogP contribution < -0.4 is 5.32 Å². The molecule has 0 unspecified atom stereocenters. The van der Waals surface area contributed by atoms with Crippen LogP contribution in [0.15, 0.2) is 6.33 Å². The highest BCUT2D eigenvalue weighted by Gasteiger charge is 2.35. The number of nitrogens with one attached hydrogen (secondary N) is 1. The van der Waals surface area contributed by atoms with E-state index in [4.69, 9.17) is 5.11 Å². The summed E-state index contributed by atoms with van der Waals surface area (Å²) < 4.78 is 14.2. The Balaban J connectivity index is 2.25. The number of carbonyl (C=O) groups is 1. The van der Waals surface area contributed by atoms with Crippen molar-refractivity contribution in [2.75, 3.05) is 5.32 Å². The van der Waals surface area contributed by atoms with Gasteiger partial charge in [0.15, 0.2) is 11.6 Å². The summed E-state index contributed by atoms with van der Waals surface area (Å²) in [4.78, 5) is 18.9. The van der Waals surface area contributed by atoms with Crippen molar-refractivity contribution in [1.29, 1.82) is 0 Å². The molecule has 110 valence electrons. The molecule has 1 aromatic rings. The number of hydrogen-bond acceptors (Lipinski definition) is 4. The van der Waals surface area contributed by atoms with Crippen LogP contribution in [0.25, 0.3) is 0 Å². The highest BCUT2D eigenvalue weighted by Crippen LogP contribution is 2.34. The van der Waals surface area contributed by atoms with Crippen molar-refractivity contribution in [3.05, 3.63) is 17.8 Å². The number of hydrogen-bond donors (Lipinski definition) is 2. The van der Waals surface area contributed by atoms with Crippen molar-refractivity contribution in [2.24, 2.45) is 0 Å². The fraction of sp³-hybridized carbons (Fsp3) is 0.643. The Hall–Kier alpha value is -1.72. The number of carboxylic acid groups (broad SMARTS) is 1. The standard InChI is InChI=1S/C14H20FN3O2/c1-2-10-12(15)13(17-9-16-10)18-14(8-11(19)20)6-4-3-5-7-14/h9H,2-8H2,1H3,(H,19,20)(H,16,17,18). The molecule has 20 heavy (non-hydrogen) atoms. The third-order valence-electron chi connectivity index (χ3n) is 3.88. The second-order valence-electron chi connectivity index (χ2n) is 5.37. The van der Waals surface area contributed by atoms with E-state index in [1.807, 2.05) is 6.92 Å². The highest BCUT2D eigenvalue weighted by atomic mass is 19.1. The third-order valence-corrected chi connectivity index (χ3v) is 3.88. The number of rotatable bonds is 5. The molecule has 0 saturated heterocycles. The minimum Gasteiger partial charge on any atom is -0.481 e. The first kappa shape index (κ1) is 14.7. The maximum Gasteiger partial charge on any atom is 0.305 e. The first-order chi connectivity index (χ1) is 9.56. The van der Waals surface area contributed by atoms with Gasteiger partial charge in [0, 0.05) is 5.54 Å². The largest absolute Gasteiger partial charge is 0.481 e. The molecule has 5 nitrogen and oxygen atoms in total. The van der Waals surface area contributed by atoms with Gasteiger partial charge in [-0.25, -0.2) is 14.4 Å². The van der Waals surface area contributed by atoms with E-state index in [-0.39, 0.29) is 12.2 Å². The quantitative estimate of drug-likeness (QED) is 0.868. The fourth-order valence-electron chi connectivity index (χ4n) is 2.86. The summed E-state index contributed by atoms with van der Waals surface area (Å²) in [6, 6.07) is 0. The predicted octanol–water partition coefficient (Wildman–Crippen LogP) is 2.77. The summed E-state index contributed by atoms with van der Waals surface area (Å²) in [6.07, 6.45) is 6.24. The van der Waals surface area contributed by atoms with Gasteiger partial charge >= 0.3 is 5.97 Å². The first-order valence-corrected chi connectivity index (χ1v) is 7.06. The van der Waals surface area contributed by atoms with E-state index in [1.165, 1.54) is 6.33 Å². The van der Waals surface area contributed by atoms with Crippen LogP contribution in [0.1, 0.15) is 51.1 Å². The number of carboxylic acids is 1. The lowest BCUT2D eigenvalue weighted by atomic mass is 9.79. The molecular formula is C14H20FN3O2. The second-order valence-corrected chi connectivity index (χ2v) is 5.37. The van der Waals surface area contributed by atoms with Crippen molar-refractivity contribution in [1.82, 2.24) is 9.97 Å². The molecule has 2 N–H and O–H groups in total. The van der Waals surface area contributed by atoms with Crippen LogP contribution in [0.5, 0.6) is 0 Å². The molecule has 1 saturated carbocycles. The van der Waals surface area contributed by atoms with Crippen molar-refractivity contribution in [3.8, 4) is 0 Å². The summed E-state index contributed by atoms with van der Waals surface area (Å²) in [5.41, 5.74) is -0.242. The third kappa shape index (κ3) is 3.23. The molecule has 6 heteroatoms. The number of aliphatic carboxylic acids is 1. The summed E-state index contributed by atoms with van der Waals surface area (Å²) >= 11 is 0. The molecule has 1 aliphatic carbocycles. The predicted molar refractivity (Wildman–Crippen MR) is 73.1 cm³/mol. The molecule has 1 heterocycles. The van der Waals surface area contributed by atoms with E-state index in [0.29, 0.717) is 12.1 Å². The van der Waals surface area contributed by atoms with Crippen LogP contribution in [0.4, 0.5) is 10.2 Å². The van der Waals surface area contributed by atoms with Crippen molar-refractivity contribution in [3.63, 3.8) is 0 Å². The van der Waals surface area contributed by atoms with Gasteiger partial charge in [0.1, 0.15) is 6.33 Å². The zero-order valence-corrected chi connectivity index (χ0v) is 11.7. The van der Waals surface area contributed by atoms with Gasteiger partial charge in [-0.2, -0.15) is 0 Å². The van der Waals surface area contributed by atoms with Gasteiger partial charge in [-0.3, -0.25) is 4.79 Å². The van der Waals surface area contributed by atoms with E-state index in [9.17, 15) is 9.18 Å². The molecule has 1 aliphatic rings. The Morgan fingerprint density at radius 3 is 2.70 bits per heavy atom. The number of halogens is 1. The lowest BCUT2D eigenvalue weighted by molar-refractivity contribution is -0.138. The normalized spacial score (nSPS) is 17.7. The number of anilines is 1. The monoisotopic (exact) mass is 281 g/mol. The van der Waals surface area contributed by atoms with Gasteiger partial charge in [-0.15, -0.1) is 0 Å². The summed E-state index contributed by atoms with van der Waals surface area (Å²) in [6.45, 7) is 1.82. The molecule has 0 bridgehead atoms. The van der Waals surface area contributed by atoms with Crippen LogP contribution in [-0.2, 0) is 11.2 Å². The smallest absolute Gasteiger partial charge is 0.305 e. The van der Waals surface area contributed by atoms with Crippen LogP contribution in [0, 0.1) is 5.82 Å². The molecule has 1 fully saturated rings. The van der Waals surface area contributed by atoms with Gasteiger partial charge in [-0.1, -0.05) is 26.2 Å². The molecule has 0 spiro atoms. The van der Waals surface area contributed by atoms with Crippen molar-refractivity contribution < 1.29 is 14.3 Å². The molecule has 0 amide bonds. The van der Waals surface area contributed by atoms with Crippen LogP contribution in [-0.4, -0.2) is 26.6 Å². The molecule has 0 aromatic carbocycles. The number of aromatic nitrogens is 2. The summed E-state index contributed by atoms with van der Waals surface area (Å²) in [5.74, 6) is -1.21. The van der Waals surface area contributed by atoms with Crippen molar-refractivity contribution in [2.45, 2.75) is 57.4 Å². The molecule has 0 radical (unpaired) electrons. The maximum absolute atomic E-state index is 14.2. The molecule has 0 atom stereocenters. The van der Waals surface area contributed by atoms with E-state index >= 15 is 0 Å². The van der Waals surface area contributed by atoms with Gasteiger partial charge in [0.2, 0.25) is 0 Å². The Morgan fingerprint density at radius 1 is 1.40 bits per heavy atom. The highest BCUT2D eigenvalue weighted by molar-refractivity contribution is 5.69. The Morgan fingerprint density at radius 2 is 2.10 bits per heavy atom. The van der Waals surface area contributed by atoms with E-state index in [0.717, 1.165) is 32.1 Å². The lowest BCUT2D eigenvalue weighted by Gasteiger charge is -2.37. The van der Waals surface area contributed by atoms with Crippen LogP contribution in [0.2, 0.25) is 0 Å². The summed E-state index contributed by atoms with van der Waals surface area (Å²) in [7, 11) is 0. The molecule has 0 aliphatic heterocycles. The Bertz CT molecular complexity index is 487. The molecule has 2 rings (SSSR count). The first-order valence-electron chi connectivity index (χ1n) is 7.06. The minimum absolute atomic E-state index is 0.0160. The zero-order valence-electron chi connectivity index (χ0n) is 11.7.